The quantitative estimate of drug-likeness (QED) is 0.0678. The monoisotopic (exact) mass is 868 g/mol. The highest BCUT2D eigenvalue weighted by Crippen LogP contribution is 2.22. The number of carboxylic acid groups (broad SMARTS) is 1. The molecule has 0 aromatic heterocycles. The van der Waals surface area contributed by atoms with E-state index in [0.717, 1.165) is 0 Å². The molecule has 61 heavy (non-hydrogen) atoms. The van der Waals surface area contributed by atoms with Crippen LogP contribution >= 0.6 is 0 Å². The third kappa shape index (κ3) is 25.6. The first-order valence-corrected chi connectivity index (χ1v) is 21.1. The van der Waals surface area contributed by atoms with E-state index < -0.39 is 125 Å². The molecule has 0 heterocycles. The highest BCUT2D eigenvalue weighted by atomic mass is 16.6. The molecular formula is C44H73N3O14. The zero-order valence-corrected chi connectivity index (χ0v) is 38.9. The summed E-state index contributed by atoms with van der Waals surface area (Å²) in [5, 5.41) is 17.4. The number of carbonyl (C=O) groups excluding carboxylic acids is 9. The summed E-state index contributed by atoms with van der Waals surface area (Å²) in [6.07, 6.45) is -2.69. The Morgan fingerprint density at radius 1 is 0.525 bits per heavy atom. The van der Waals surface area contributed by atoms with Gasteiger partial charge in [-0.3, -0.25) is 38.4 Å². The van der Waals surface area contributed by atoms with Crippen molar-refractivity contribution in [1.82, 2.24) is 16.0 Å². The van der Waals surface area contributed by atoms with Gasteiger partial charge in [-0.05, 0) is 101 Å². The molecule has 0 fully saturated rings. The normalized spacial score (nSPS) is 14.9. The lowest BCUT2D eigenvalue weighted by atomic mass is 9.90. The van der Waals surface area contributed by atoms with Crippen molar-refractivity contribution < 1.29 is 67.3 Å². The maximum absolute atomic E-state index is 14.0. The molecule has 0 aliphatic heterocycles. The van der Waals surface area contributed by atoms with Crippen LogP contribution < -0.4 is 16.0 Å². The van der Waals surface area contributed by atoms with Crippen LogP contribution in [-0.4, -0.2) is 99.0 Å². The minimum atomic E-state index is -1.48. The van der Waals surface area contributed by atoms with Crippen molar-refractivity contribution in [3.05, 3.63) is 0 Å². The number of rotatable bonds is 26. The average molecular weight is 868 g/mol. The molecular weight excluding hydrogens is 794 g/mol. The van der Waals surface area contributed by atoms with Crippen molar-refractivity contribution in [2.24, 2.45) is 23.7 Å². The summed E-state index contributed by atoms with van der Waals surface area (Å²) in [6, 6.07) is -3.97. The van der Waals surface area contributed by atoms with E-state index in [1.54, 1.807) is 83.1 Å². The smallest absolute Gasteiger partial charge is 0.326 e. The van der Waals surface area contributed by atoms with Gasteiger partial charge in [0.25, 0.3) is 0 Å². The van der Waals surface area contributed by atoms with Crippen LogP contribution in [-0.2, 0) is 62.2 Å². The van der Waals surface area contributed by atoms with Crippen LogP contribution in [0.3, 0.4) is 0 Å². The number of ketones is 3. The van der Waals surface area contributed by atoms with Gasteiger partial charge in [-0.1, -0.05) is 27.7 Å². The number of carbonyl (C=O) groups is 10. The van der Waals surface area contributed by atoms with E-state index in [9.17, 15) is 53.1 Å². The molecule has 0 spiro atoms. The number of ether oxygens (including phenoxy) is 3. The Kier molecular flexibility index (Phi) is 23.3. The van der Waals surface area contributed by atoms with Gasteiger partial charge in [0, 0.05) is 49.9 Å². The standard InChI is InChI=1S/C44H73N3O14/c1-15-30(33(49)22-28(16-18-35(51)59-42(6,7)8)40(56)47-32(41(57)58)20-25(2)3)45-39(55)29(17-19-36(52)60-43(9,10)11)23-34(50)31(24-37(53)61-44(12,13)14)46-38(54)26(4)21-27(5)48/h25-26,28-32H,15-24H2,1-14H3,(H,45,55)(H,46,54)(H,47,56)(H,57,58)/t26-,28+,29+,30-,31-,32-/m0/s1. The largest absolute Gasteiger partial charge is 0.480 e. The van der Waals surface area contributed by atoms with Crippen LogP contribution in [0.1, 0.15) is 161 Å². The molecule has 0 aromatic carbocycles. The Hall–Kier alpha value is -4.70. The van der Waals surface area contributed by atoms with Crippen LogP contribution in [0, 0.1) is 23.7 Å². The Labute approximate surface area is 361 Å². The van der Waals surface area contributed by atoms with E-state index in [4.69, 9.17) is 14.2 Å². The first-order chi connectivity index (χ1) is 27.7. The van der Waals surface area contributed by atoms with Crippen molar-refractivity contribution >= 4 is 58.9 Å². The number of hydrogen-bond donors (Lipinski definition) is 4. The minimum absolute atomic E-state index is 0.0220. The SMILES string of the molecule is CC[C@H](NC(=O)[C@H](CCC(=O)OC(C)(C)C)CC(=O)[C@H](CC(=O)OC(C)(C)C)NC(=O)[C@@H](C)CC(C)=O)C(=O)C[C@@H](CCC(=O)OC(C)(C)C)C(=O)N[C@@H](CC(C)C)C(=O)O. The van der Waals surface area contributed by atoms with Crippen molar-refractivity contribution in [3.8, 4) is 0 Å². The van der Waals surface area contributed by atoms with E-state index >= 15 is 0 Å². The maximum Gasteiger partial charge on any atom is 0.326 e. The third-order valence-corrected chi connectivity index (χ3v) is 8.84. The Bertz CT molecular complexity index is 1570. The number of nitrogens with one attached hydrogen (secondary N) is 3. The van der Waals surface area contributed by atoms with E-state index in [1.807, 2.05) is 0 Å². The lowest BCUT2D eigenvalue weighted by Gasteiger charge is -2.26. The van der Waals surface area contributed by atoms with Gasteiger partial charge in [0.05, 0.1) is 18.5 Å². The van der Waals surface area contributed by atoms with Crippen molar-refractivity contribution in [3.63, 3.8) is 0 Å². The number of Topliss-reactive ketones (excluding diaryl/α,β-unsaturated/α-hetero) is 3. The van der Waals surface area contributed by atoms with Crippen LogP contribution in [0.15, 0.2) is 0 Å². The molecule has 4 N–H and O–H groups in total. The van der Waals surface area contributed by atoms with Gasteiger partial charge in [0.2, 0.25) is 17.7 Å². The van der Waals surface area contributed by atoms with Crippen LogP contribution in [0.2, 0.25) is 0 Å². The van der Waals surface area contributed by atoms with Gasteiger partial charge in [-0.25, -0.2) is 4.79 Å². The fourth-order valence-corrected chi connectivity index (χ4v) is 6.11. The molecule has 348 valence electrons. The number of hydrogen-bond acceptors (Lipinski definition) is 13. The maximum atomic E-state index is 14.0. The van der Waals surface area contributed by atoms with E-state index in [0.29, 0.717) is 0 Å². The van der Waals surface area contributed by atoms with Gasteiger partial charge in [-0.2, -0.15) is 0 Å². The predicted molar refractivity (Wildman–Crippen MR) is 224 cm³/mol. The second-order valence-corrected chi connectivity index (χ2v) is 19.1. The molecule has 0 saturated heterocycles. The lowest BCUT2D eigenvalue weighted by Crippen LogP contribution is -2.48. The van der Waals surface area contributed by atoms with Crippen LogP contribution in [0.25, 0.3) is 0 Å². The van der Waals surface area contributed by atoms with Crippen molar-refractivity contribution in [1.29, 1.82) is 0 Å². The predicted octanol–water partition coefficient (Wildman–Crippen LogP) is 4.72. The molecule has 0 unspecified atom stereocenters. The average Bonchev–Trinajstić information content (AvgIpc) is 3.06. The summed E-state index contributed by atoms with van der Waals surface area (Å²) in [6.45, 7) is 22.7. The molecule has 6 atom stereocenters. The molecule has 3 amide bonds. The molecule has 17 nitrogen and oxygen atoms in total. The van der Waals surface area contributed by atoms with Crippen LogP contribution in [0.5, 0.6) is 0 Å². The highest BCUT2D eigenvalue weighted by molar-refractivity contribution is 5.97. The third-order valence-electron chi connectivity index (χ3n) is 8.84. The Morgan fingerprint density at radius 2 is 0.902 bits per heavy atom. The van der Waals surface area contributed by atoms with Crippen molar-refractivity contribution in [2.75, 3.05) is 0 Å². The number of aliphatic carboxylic acids is 1. The summed E-state index contributed by atoms with van der Waals surface area (Å²) in [5.41, 5.74) is -2.63. The molecule has 0 aliphatic rings. The number of carboxylic acids is 1. The first-order valence-electron chi connectivity index (χ1n) is 21.1. The van der Waals surface area contributed by atoms with Gasteiger partial charge >= 0.3 is 23.9 Å². The molecule has 0 aromatic rings. The van der Waals surface area contributed by atoms with Gasteiger partial charge in [0.15, 0.2) is 11.6 Å². The first kappa shape index (κ1) is 56.3. The molecule has 0 saturated carbocycles. The van der Waals surface area contributed by atoms with Gasteiger partial charge < -0.3 is 40.1 Å². The topological polar surface area (TPSA) is 255 Å². The van der Waals surface area contributed by atoms with Crippen LogP contribution in [0.4, 0.5) is 0 Å². The summed E-state index contributed by atoms with van der Waals surface area (Å²) >= 11 is 0. The summed E-state index contributed by atoms with van der Waals surface area (Å²) in [5.74, 6) is -10.8. The fraction of sp³-hybridized carbons (Fsp3) is 0.773. The Morgan fingerprint density at radius 3 is 1.26 bits per heavy atom. The molecule has 0 aliphatic carbocycles. The molecule has 17 heteroatoms. The lowest BCUT2D eigenvalue weighted by molar-refractivity contribution is -0.157. The minimum Gasteiger partial charge on any atom is -0.480 e. The molecule has 0 bridgehead atoms. The number of amides is 3. The second-order valence-electron chi connectivity index (χ2n) is 19.1. The number of esters is 3. The van der Waals surface area contributed by atoms with E-state index in [-0.39, 0.29) is 56.6 Å². The van der Waals surface area contributed by atoms with E-state index in [2.05, 4.69) is 16.0 Å². The summed E-state index contributed by atoms with van der Waals surface area (Å²) in [7, 11) is 0. The summed E-state index contributed by atoms with van der Waals surface area (Å²) in [4.78, 5) is 131. The molecule has 0 rings (SSSR count). The fourth-order valence-electron chi connectivity index (χ4n) is 6.11. The zero-order valence-electron chi connectivity index (χ0n) is 38.9. The zero-order chi connectivity index (χ0) is 47.6. The van der Waals surface area contributed by atoms with Gasteiger partial charge in [-0.15, -0.1) is 0 Å². The Balaban J connectivity index is 6.69. The molecule has 0 radical (unpaired) electrons. The second kappa shape index (κ2) is 25.3. The highest BCUT2D eigenvalue weighted by Gasteiger charge is 2.35. The van der Waals surface area contributed by atoms with Gasteiger partial charge in [0.1, 0.15) is 28.6 Å². The van der Waals surface area contributed by atoms with Crippen molar-refractivity contribution in [2.45, 2.75) is 196 Å². The summed E-state index contributed by atoms with van der Waals surface area (Å²) < 4.78 is 16.2. The van der Waals surface area contributed by atoms with E-state index in [1.165, 1.54) is 13.8 Å².